The molecule has 22 heavy (non-hydrogen) atoms. The lowest BCUT2D eigenvalue weighted by atomic mass is 10.2. The van der Waals surface area contributed by atoms with Crippen LogP contribution in [0.1, 0.15) is 12.1 Å². The number of ether oxygens (including phenoxy) is 1. The summed E-state index contributed by atoms with van der Waals surface area (Å²) in [5, 5.41) is 7.65. The number of nitrogens with two attached hydrogens (primary N) is 1. The molecule has 0 saturated heterocycles. The Bertz CT molecular complexity index is 755. The van der Waals surface area contributed by atoms with Crippen molar-refractivity contribution in [3.63, 3.8) is 0 Å². The molecule has 114 valence electrons. The molecule has 7 nitrogen and oxygen atoms in total. The minimum absolute atomic E-state index is 0.365. The van der Waals surface area contributed by atoms with Crippen LogP contribution in [-0.2, 0) is 11.2 Å². The number of nitrogen functional groups attached to an aromatic ring is 1. The average molecular weight is 298 g/mol. The minimum Gasteiger partial charge on any atom is -0.385 e. The van der Waals surface area contributed by atoms with E-state index in [0.717, 1.165) is 24.2 Å². The summed E-state index contributed by atoms with van der Waals surface area (Å²) in [6.07, 6.45) is 3.42. The number of aromatic nitrogens is 4. The molecule has 0 aliphatic heterocycles. The van der Waals surface area contributed by atoms with Gasteiger partial charge in [0.2, 0.25) is 5.95 Å². The van der Waals surface area contributed by atoms with Crippen molar-refractivity contribution in [1.29, 1.82) is 0 Å². The predicted molar refractivity (Wildman–Crippen MR) is 85.1 cm³/mol. The van der Waals surface area contributed by atoms with Crippen molar-refractivity contribution in [2.75, 3.05) is 24.8 Å². The largest absolute Gasteiger partial charge is 0.385 e. The SMILES string of the molecule is COCCCc1cnc(N)c2nc(Nc3ccccc3)nn12. The summed E-state index contributed by atoms with van der Waals surface area (Å²) in [6.45, 7) is 0.690. The van der Waals surface area contributed by atoms with Gasteiger partial charge in [0.05, 0.1) is 11.9 Å². The average Bonchev–Trinajstić information content (AvgIpc) is 2.95. The van der Waals surface area contributed by atoms with Gasteiger partial charge in [-0.15, -0.1) is 5.10 Å². The Morgan fingerprint density at radius 2 is 2.09 bits per heavy atom. The molecule has 3 aromatic rings. The van der Waals surface area contributed by atoms with Crippen molar-refractivity contribution in [3.8, 4) is 0 Å². The minimum atomic E-state index is 0.365. The van der Waals surface area contributed by atoms with Gasteiger partial charge in [0.1, 0.15) is 0 Å². The number of anilines is 3. The molecule has 1 aromatic carbocycles. The van der Waals surface area contributed by atoms with Gasteiger partial charge in [-0.05, 0) is 25.0 Å². The summed E-state index contributed by atoms with van der Waals surface area (Å²) in [7, 11) is 1.69. The van der Waals surface area contributed by atoms with Crippen LogP contribution < -0.4 is 11.1 Å². The topological polar surface area (TPSA) is 90.4 Å². The van der Waals surface area contributed by atoms with Crippen LogP contribution in [0.3, 0.4) is 0 Å². The van der Waals surface area contributed by atoms with Gasteiger partial charge in [-0.3, -0.25) is 0 Å². The Hall–Kier alpha value is -2.67. The third-order valence-electron chi connectivity index (χ3n) is 3.27. The Labute approximate surface area is 128 Å². The van der Waals surface area contributed by atoms with Crippen LogP contribution in [0.4, 0.5) is 17.5 Å². The van der Waals surface area contributed by atoms with Gasteiger partial charge in [0.25, 0.3) is 0 Å². The zero-order valence-electron chi connectivity index (χ0n) is 12.4. The van der Waals surface area contributed by atoms with Crippen molar-refractivity contribution in [2.45, 2.75) is 12.8 Å². The molecule has 7 heteroatoms. The molecule has 0 amide bonds. The predicted octanol–water partition coefficient (Wildman–Crippen LogP) is 2.03. The number of rotatable bonds is 6. The molecule has 0 saturated carbocycles. The van der Waals surface area contributed by atoms with E-state index in [1.807, 2.05) is 30.3 Å². The molecule has 3 N–H and O–H groups in total. The van der Waals surface area contributed by atoms with E-state index < -0.39 is 0 Å². The Balaban J connectivity index is 1.90. The van der Waals surface area contributed by atoms with Crippen molar-refractivity contribution >= 4 is 23.1 Å². The Kier molecular flexibility index (Phi) is 4.15. The molecule has 0 bridgehead atoms. The molecular weight excluding hydrogens is 280 g/mol. The van der Waals surface area contributed by atoms with E-state index in [-0.39, 0.29) is 0 Å². The molecule has 2 aromatic heterocycles. The first kappa shape index (κ1) is 14.3. The summed E-state index contributed by atoms with van der Waals surface area (Å²) in [5.41, 5.74) is 8.34. The number of nitrogens with zero attached hydrogens (tertiary/aromatic N) is 4. The van der Waals surface area contributed by atoms with E-state index in [9.17, 15) is 0 Å². The molecule has 0 radical (unpaired) electrons. The highest BCUT2D eigenvalue weighted by molar-refractivity contribution is 5.63. The van der Waals surface area contributed by atoms with Crippen LogP contribution in [0.15, 0.2) is 36.5 Å². The number of para-hydroxylation sites is 1. The van der Waals surface area contributed by atoms with Gasteiger partial charge in [-0.2, -0.15) is 4.98 Å². The molecule has 0 spiro atoms. The van der Waals surface area contributed by atoms with Gasteiger partial charge in [0, 0.05) is 19.4 Å². The smallest absolute Gasteiger partial charge is 0.247 e. The van der Waals surface area contributed by atoms with E-state index in [1.54, 1.807) is 17.8 Å². The van der Waals surface area contributed by atoms with Gasteiger partial charge < -0.3 is 15.8 Å². The fourth-order valence-corrected chi connectivity index (χ4v) is 2.21. The molecule has 0 fully saturated rings. The summed E-state index contributed by atoms with van der Waals surface area (Å²) in [5.74, 6) is 0.864. The van der Waals surface area contributed by atoms with E-state index in [1.165, 1.54) is 0 Å². The third kappa shape index (κ3) is 2.99. The number of hydrogen-bond acceptors (Lipinski definition) is 6. The van der Waals surface area contributed by atoms with E-state index in [2.05, 4.69) is 20.4 Å². The molecule has 0 aliphatic carbocycles. The van der Waals surface area contributed by atoms with Crippen LogP contribution in [-0.4, -0.2) is 33.3 Å². The summed E-state index contributed by atoms with van der Waals surface area (Å²) < 4.78 is 6.82. The maximum Gasteiger partial charge on any atom is 0.247 e. The third-order valence-corrected chi connectivity index (χ3v) is 3.27. The second kappa shape index (κ2) is 6.40. The van der Waals surface area contributed by atoms with Crippen molar-refractivity contribution < 1.29 is 4.74 Å². The van der Waals surface area contributed by atoms with Crippen molar-refractivity contribution in [2.24, 2.45) is 0 Å². The highest BCUT2D eigenvalue weighted by atomic mass is 16.5. The fourth-order valence-electron chi connectivity index (χ4n) is 2.21. The number of nitrogens with one attached hydrogen (secondary N) is 1. The van der Waals surface area contributed by atoms with Crippen LogP contribution in [0.2, 0.25) is 0 Å². The fraction of sp³-hybridized carbons (Fsp3) is 0.267. The number of methoxy groups -OCH3 is 1. The second-order valence-corrected chi connectivity index (χ2v) is 4.89. The van der Waals surface area contributed by atoms with Gasteiger partial charge in [0.15, 0.2) is 11.5 Å². The first-order valence-electron chi connectivity index (χ1n) is 7.09. The van der Waals surface area contributed by atoms with Gasteiger partial charge in [-0.25, -0.2) is 9.50 Å². The maximum absolute atomic E-state index is 5.90. The lowest BCUT2D eigenvalue weighted by Gasteiger charge is -2.04. The van der Waals surface area contributed by atoms with Gasteiger partial charge >= 0.3 is 0 Å². The summed E-state index contributed by atoms with van der Waals surface area (Å²) in [6, 6.07) is 9.76. The van der Waals surface area contributed by atoms with Gasteiger partial charge in [-0.1, -0.05) is 18.2 Å². The zero-order chi connectivity index (χ0) is 15.4. The highest BCUT2D eigenvalue weighted by Crippen LogP contribution is 2.17. The van der Waals surface area contributed by atoms with Crippen LogP contribution in [0, 0.1) is 0 Å². The van der Waals surface area contributed by atoms with Crippen LogP contribution in [0.5, 0.6) is 0 Å². The van der Waals surface area contributed by atoms with E-state index in [4.69, 9.17) is 10.5 Å². The monoisotopic (exact) mass is 298 g/mol. The molecule has 0 aliphatic rings. The summed E-state index contributed by atoms with van der Waals surface area (Å²) >= 11 is 0. The number of aryl methyl sites for hydroxylation is 1. The number of hydrogen-bond donors (Lipinski definition) is 2. The Morgan fingerprint density at radius 1 is 1.27 bits per heavy atom. The lowest BCUT2D eigenvalue weighted by Crippen LogP contribution is -2.05. The molecule has 0 atom stereocenters. The number of benzene rings is 1. The van der Waals surface area contributed by atoms with Crippen LogP contribution >= 0.6 is 0 Å². The zero-order valence-corrected chi connectivity index (χ0v) is 12.4. The quantitative estimate of drug-likeness (QED) is 0.677. The second-order valence-electron chi connectivity index (χ2n) is 4.89. The maximum atomic E-state index is 5.90. The Morgan fingerprint density at radius 3 is 2.86 bits per heavy atom. The van der Waals surface area contributed by atoms with E-state index >= 15 is 0 Å². The molecule has 3 rings (SSSR count). The van der Waals surface area contributed by atoms with E-state index in [0.29, 0.717) is 24.0 Å². The molecule has 2 heterocycles. The van der Waals surface area contributed by atoms with Crippen LogP contribution in [0.25, 0.3) is 5.65 Å². The first-order valence-corrected chi connectivity index (χ1v) is 7.09. The summed E-state index contributed by atoms with van der Waals surface area (Å²) in [4.78, 5) is 8.61. The molecule has 0 unspecified atom stereocenters. The van der Waals surface area contributed by atoms with Crippen molar-refractivity contribution in [1.82, 2.24) is 19.6 Å². The number of fused-ring (bicyclic) bond motifs is 1. The lowest BCUT2D eigenvalue weighted by molar-refractivity contribution is 0.194. The highest BCUT2D eigenvalue weighted by Gasteiger charge is 2.11. The standard InChI is InChI=1S/C15H18N6O/c1-22-9-5-8-12-10-17-13(16)14-19-15(20-21(12)14)18-11-6-3-2-4-7-11/h2-4,6-7,10H,5,8-9H2,1H3,(H2,16,17)(H,18,20). The van der Waals surface area contributed by atoms with Crippen molar-refractivity contribution in [3.05, 3.63) is 42.2 Å². The first-order chi connectivity index (χ1) is 10.8. The normalized spacial score (nSPS) is 11.0. The molecular formula is C15H18N6O.